The van der Waals surface area contributed by atoms with Gasteiger partial charge in [-0.1, -0.05) is 35.3 Å². The number of halogens is 5. The van der Waals surface area contributed by atoms with Crippen LogP contribution in [-0.4, -0.2) is 101 Å². The quantitative estimate of drug-likeness (QED) is 0.259. The van der Waals surface area contributed by atoms with E-state index in [0.717, 1.165) is 37.5 Å². The van der Waals surface area contributed by atoms with Crippen LogP contribution in [0.2, 0.25) is 10.0 Å². The number of aliphatic hydroxyl groups excluding tert-OH is 2. The number of ether oxygens (including phenoxy) is 1. The monoisotopic (exact) mass is 651 g/mol. The number of nitrogens with zero attached hydrogens (tertiary/aromatic N) is 2. The van der Waals surface area contributed by atoms with Crippen molar-refractivity contribution in [2.45, 2.75) is 50.2 Å². The first-order valence-corrected chi connectivity index (χ1v) is 14.3. The van der Waals surface area contributed by atoms with Gasteiger partial charge < -0.3 is 35.4 Å². The molecule has 2 atom stereocenters. The molecule has 4 rings (SSSR count). The van der Waals surface area contributed by atoms with Crippen LogP contribution in [0.25, 0.3) is 0 Å². The molecule has 0 saturated carbocycles. The van der Waals surface area contributed by atoms with E-state index in [1.165, 1.54) is 5.56 Å². The van der Waals surface area contributed by atoms with Gasteiger partial charge in [0, 0.05) is 42.5 Å². The average Bonchev–Trinajstić information content (AvgIpc) is 3.29. The molecular formula is C28H34Cl2F3N3O7. The van der Waals surface area contributed by atoms with Gasteiger partial charge in [0.25, 0.3) is 0 Å². The molecule has 0 amide bonds. The molecule has 10 nitrogen and oxygen atoms in total. The first-order valence-electron chi connectivity index (χ1n) is 13.5. The van der Waals surface area contributed by atoms with Crippen LogP contribution in [0.4, 0.5) is 18.9 Å². The van der Waals surface area contributed by atoms with Crippen LogP contribution in [0.3, 0.4) is 0 Å². The third kappa shape index (κ3) is 10.7. The summed E-state index contributed by atoms with van der Waals surface area (Å²) in [5.74, 6) is -3.34. The molecule has 2 saturated heterocycles. The van der Waals surface area contributed by atoms with Crippen LogP contribution in [0.1, 0.15) is 24.0 Å². The van der Waals surface area contributed by atoms with Gasteiger partial charge in [0.15, 0.2) is 0 Å². The van der Waals surface area contributed by atoms with E-state index in [4.69, 9.17) is 42.9 Å². The standard InChI is InChI=1S/C26H33Cl2N3O5.C2HF3O2/c27-19-3-1-17(2-4-19)14-30-7-5-20(6-8-30)29-22-15-31(16-24(22)33)23-13-25(36-10-9-32)21(28)11-18(23)12-26(34)35;3-2(4,5)1(6)7/h1-4,11,13,20,22,24,29,32-33H,5-10,12,14-16H2,(H,34,35);(H,6,7)/t22-,24-;/m0./s1. The highest BCUT2D eigenvalue weighted by molar-refractivity contribution is 6.32. The summed E-state index contributed by atoms with van der Waals surface area (Å²) in [4.78, 5) is 24.8. The summed E-state index contributed by atoms with van der Waals surface area (Å²) in [6.45, 7) is 3.68. The zero-order valence-electron chi connectivity index (χ0n) is 23.1. The van der Waals surface area contributed by atoms with Crippen molar-refractivity contribution < 1.29 is 47.9 Å². The van der Waals surface area contributed by atoms with Gasteiger partial charge in [0.2, 0.25) is 0 Å². The van der Waals surface area contributed by atoms with Gasteiger partial charge in [-0.25, -0.2) is 4.79 Å². The Balaban J connectivity index is 0.000000646. The summed E-state index contributed by atoms with van der Waals surface area (Å²) in [7, 11) is 0. The fraction of sp³-hybridized carbons (Fsp3) is 0.500. The van der Waals surface area contributed by atoms with Crippen molar-refractivity contribution in [1.82, 2.24) is 10.2 Å². The average molecular weight is 652 g/mol. The molecule has 2 aromatic rings. The van der Waals surface area contributed by atoms with Gasteiger partial charge in [-0.15, -0.1) is 0 Å². The minimum atomic E-state index is -5.08. The van der Waals surface area contributed by atoms with E-state index in [1.807, 2.05) is 17.0 Å². The Hall–Kier alpha value is -2.81. The zero-order valence-corrected chi connectivity index (χ0v) is 24.6. The number of β-amino-alcohol motifs (C(OH)–C–C–N with tert-alkyl or cyclic N) is 1. The number of carboxylic acid groups (broad SMARTS) is 2. The highest BCUT2D eigenvalue weighted by Gasteiger charge is 2.38. The Labute approximate surface area is 256 Å². The number of aliphatic carboxylic acids is 2. The van der Waals surface area contributed by atoms with E-state index in [1.54, 1.807) is 12.1 Å². The van der Waals surface area contributed by atoms with Crippen LogP contribution in [-0.2, 0) is 22.6 Å². The number of alkyl halides is 3. The number of benzene rings is 2. The summed E-state index contributed by atoms with van der Waals surface area (Å²) < 4.78 is 37.3. The number of carbonyl (C=O) groups is 2. The number of hydrogen-bond acceptors (Lipinski definition) is 8. The molecule has 15 heteroatoms. The minimum absolute atomic E-state index is 0.0843. The Bertz CT molecular complexity index is 1230. The summed E-state index contributed by atoms with van der Waals surface area (Å²) in [6.07, 6.45) is -3.89. The second kappa shape index (κ2) is 15.8. The number of piperidine rings is 1. The smallest absolute Gasteiger partial charge is 0.490 e. The molecule has 2 fully saturated rings. The van der Waals surface area contributed by atoms with Gasteiger partial charge >= 0.3 is 18.1 Å². The van der Waals surface area contributed by atoms with E-state index >= 15 is 0 Å². The SMILES string of the molecule is O=C(O)C(F)(F)F.O=C(O)Cc1cc(Cl)c(OCCO)cc1N1C[C@H](NC2CCN(Cc3ccc(Cl)cc3)CC2)[C@@H](O)C1. The lowest BCUT2D eigenvalue weighted by molar-refractivity contribution is -0.192. The predicted octanol–water partition coefficient (Wildman–Crippen LogP) is 3.43. The Kier molecular flexibility index (Phi) is 12.7. The number of nitrogens with one attached hydrogen (secondary N) is 1. The summed E-state index contributed by atoms with van der Waals surface area (Å²) in [5.41, 5.74) is 2.48. The second-order valence-electron chi connectivity index (χ2n) is 10.3. The van der Waals surface area contributed by atoms with E-state index in [0.29, 0.717) is 41.2 Å². The van der Waals surface area contributed by atoms with Crippen molar-refractivity contribution in [2.75, 3.05) is 44.3 Å². The zero-order chi connectivity index (χ0) is 31.7. The fourth-order valence-corrected chi connectivity index (χ4v) is 5.37. The van der Waals surface area contributed by atoms with Gasteiger partial charge in [0.05, 0.1) is 30.2 Å². The number of hydrogen-bond donors (Lipinski definition) is 5. The third-order valence-corrected chi connectivity index (χ3v) is 7.60. The highest BCUT2D eigenvalue weighted by Crippen LogP contribution is 2.35. The molecule has 2 aliphatic rings. The van der Waals surface area contributed by atoms with Crippen molar-refractivity contribution in [3.05, 3.63) is 57.6 Å². The fourth-order valence-electron chi connectivity index (χ4n) is 5.00. The first-order chi connectivity index (χ1) is 20.3. The molecular weight excluding hydrogens is 618 g/mol. The number of anilines is 1. The van der Waals surface area contributed by atoms with Crippen LogP contribution in [0, 0.1) is 0 Å². The van der Waals surface area contributed by atoms with Crippen LogP contribution in [0.5, 0.6) is 5.75 Å². The van der Waals surface area contributed by atoms with Crippen LogP contribution in [0.15, 0.2) is 36.4 Å². The molecule has 43 heavy (non-hydrogen) atoms. The maximum absolute atomic E-state index is 11.5. The van der Waals surface area contributed by atoms with E-state index in [-0.39, 0.29) is 25.7 Å². The normalized spacial score (nSPS) is 19.6. The summed E-state index contributed by atoms with van der Waals surface area (Å²) in [5, 5.41) is 41.1. The maximum Gasteiger partial charge on any atom is 0.490 e. The highest BCUT2D eigenvalue weighted by atomic mass is 35.5. The predicted molar refractivity (Wildman–Crippen MR) is 154 cm³/mol. The van der Waals surface area contributed by atoms with E-state index in [9.17, 15) is 28.2 Å². The Morgan fingerprint density at radius 1 is 1.05 bits per heavy atom. The maximum atomic E-state index is 11.5. The van der Waals surface area contributed by atoms with Gasteiger partial charge in [-0.2, -0.15) is 13.2 Å². The lowest BCUT2D eigenvalue weighted by Crippen LogP contribution is -2.49. The molecule has 238 valence electrons. The first kappa shape index (κ1) is 34.7. The largest absolute Gasteiger partial charge is 0.490 e. The lowest BCUT2D eigenvalue weighted by Gasteiger charge is -2.34. The molecule has 2 heterocycles. The van der Waals surface area contributed by atoms with Crippen molar-refractivity contribution in [3.63, 3.8) is 0 Å². The van der Waals surface area contributed by atoms with Crippen molar-refractivity contribution >= 4 is 40.8 Å². The second-order valence-corrected chi connectivity index (χ2v) is 11.1. The minimum Gasteiger partial charge on any atom is -0.490 e. The molecule has 2 aromatic carbocycles. The number of rotatable bonds is 10. The van der Waals surface area contributed by atoms with Crippen LogP contribution < -0.4 is 15.0 Å². The summed E-state index contributed by atoms with van der Waals surface area (Å²) in [6, 6.07) is 11.4. The van der Waals surface area contributed by atoms with Gasteiger partial charge in [-0.05, 0) is 55.3 Å². The Morgan fingerprint density at radius 3 is 2.23 bits per heavy atom. The Morgan fingerprint density at radius 2 is 1.67 bits per heavy atom. The van der Waals surface area contributed by atoms with Gasteiger partial charge in [-0.3, -0.25) is 9.69 Å². The molecule has 0 unspecified atom stereocenters. The van der Waals surface area contributed by atoms with Crippen molar-refractivity contribution in [1.29, 1.82) is 0 Å². The van der Waals surface area contributed by atoms with E-state index in [2.05, 4.69) is 22.3 Å². The molecule has 0 radical (unpaired) electrons. The van der Waals surface area contributed by atoms with Crippen molar-refractivity contribution in [2.24, 2.45) is 0 Å². The summed E-state index contributed by atoms with van der Waals surface area (Å²) >= 11 is 12.3. The van der Waals surface area contributed by atoms with E-state index < -0.39 is 24.2 Å². The lowest BCUT2D eigenvalue weighted by atomic mass is 10.0. The number of carboxylic acids is 2. The molecule has 0 aromatic heterocycles. The van der Waals surface area contributed by atoms with Crippen LogP contribution >= 0.6 is 23.2 Å². The number of likely N-dealkylation sites (tertiary alicyclic amines) is 1. The topological polar surface area (TPSA) is 143 Å². The third-order valence-electron chi connectivity index (χ3n) is 7.05. The molecule has 2 aliphatic heterocycles. The molecule has 0 spiro atoms. The van der Waals surface area contributed by atoms with Crippen molar-refractivity contribution in [3.8, 4) is 5.75 Å². The molecule has 5 N–H and O–H groups in total. The molecule has 0 bridgehead atoms. The number of aliphatic hydroxyl groups is 2. The molecule has 0 aliphatic carbocycles. The van der Waals surface area contributed by atoms with Gasteiger partial charge in [0.1, 0.15) is 12.4 Å².